The molecule has 0 aliphatic heterocycles. The summed E-state index contributed by atoms with van der Waals surface area (Å²) in [5.41, 5.74) is 1.77. The van der Waals surface area contributed by atoms with Crippen molar-refractivity contribution in [3.05, 3.63) is 28.6 Å². The van der Waals surface area contributed by atoms with E-state index < -0.39 is 5.97 Å². The van der Waals surface area contributed by atoms with E-state index in [1.54, 1.807) is 6.92 Å². The van der Waals surface area contributed by atoms with Gasteiger partial charge in [-0.2, -0.15) is 0 Å². The summed E-state index contributed by atoms with van der Waals surface area (Å²) in [5, 5.41) is 9.01. The minimum Gasteiger partial charge on any atom is -0.478 e. The molecule has 1 N–H and O–H groups in total. The molecule has 0 aromatic carbocycles. The van der Waals surface area contributed by atoms with E-state index >= 15 is 0 Å². The summed E-state index contributed by atoms with van der Waals surface area (Å²) in [6.07, 6.45) is 1.83. The number of aryl methyl sites for hydroxylation is 1. The lowest BCUT2D eigenvalue weighted by Gasteiger charge is -2.16. The van der Waals surface area contributed by atoms with Crippen LogP contribution in [0.1, 0.15) is 44.9 Å². The zero-order valence-corrected chi connectivity index (χ0v) is 8.41. The van der Waals surface area contributed by atoms with Crippen molar-refractivity contribution in [3.8, 4) is 0 Å². The predicted molar refractivity (Wildman–Crippen MR) is 53.2 cm³/mol. The Balaban J connectivity index is 2.67. The van der Waals surface area contributed by atoms with Crippen LogP contribution in [0.3, 0.4) is 0 Å². The van der Waals surface area contributed by atoms with E-state index in [1.165, 1.54) is 6.07 Å². The van der Waals surface area contributed by atoms with Crippen molar-refractivity contribution in [1.82, 2.24) is 4.98 Å². The number of Topliss-reactive ketones (excluding diaryl/α,β-unsaturated/α-hetero) is 1. The minimum absolute atomic E-state index is 0.0394. The van der Waals surface area contributed by atoms with Crippen LogP contribution >= 0.6 is 0 Å². The number of carboxylic acids is 1. The Hall–Kier alpha value is -1.71. The van der Waals surface area contributed by atoms with E-state index in [9.17, 15) is 9.59 Å². The second-order valence-electron chi connectivity index (χ2n) is 3.72. The molecule has 1 aromatic heterocycles. The van der Waals surface area contributed by atoms with Gasteiger partial charge in [0.15, 0.2) is 5.78 Å². The molecule has 4 heteroatoms. The number of carbonyl (C=O) groups is 2. The third-order valence-corrected chi connectivity index (χ3v) is 2.58. The average molecular weight is 205 g/mol. The van der Waals surface area contributed by atoms with Crippen LogP contribution in [0.25, 0.3) is 0 Å². The fourth-order valence-electron chi connectivity index (χ4n) is 1.92. The number of hydrogen-bond acceptors (Lipinski definition) is 3. The number of aromatic nitrogens is 1. The van der Waals surface area contributed by atoms with Gasteiger partial charge in [-0.05, 0) is 31.4 Å². The molecule has 0 spiro atoms. The Labute approximate surface area is 87.0 Å². The number of aromatic carboxylic acids is 1. The molecule has 0 fully saturated rings. The highest BCUT2D eigenvalue weighted by molar-refractivity contribution is 6.00. The Morgan fingerprint density at radius 3 is 2.87 bits per heavy atom. The van der Waals surface area contributed by atoms with Crippen LogP contribution in [-0.4, -0.2) is 21.8 Å². The number of fused-ring (bicyclic) bond motifs is 1. The Kier molecular flexibility index (Phi) is 2.26. The number of hydrogen-bond donors (Lipinski definition) is 1. The number of rotatable bonds is 1. The van der Waals surface area contributed by atoms with Gasteiger partial charge in [0.1, 0.15) is 5.69 Å². The van der Waals surface area contributed by atoms with Gasteiger partial charge in [-0.1, -0.05) is 0 Å². The first kappa shape index (κ1) is 9.83. The Morgan fingerprint density at radius 2 is 2.20 bits per heavy atom. The van der Waals surface area contributed by atoms with Crippen LogP contribution in [0.5, 0.6) is 0 Å². The van der Waals surface area contributed by atoms with E-state index in [0.717, 1.165) is 6.42 Å². The molecule has 15 heavy (non-hydrogen) atoms. The van der Waals surface area contributed by atoms with Crippen LogP contribution in [-0.2, 0) is 6.42 Å². The number of pyridine rings is 1. The minimum atomic E-state index is -0.980. The monoisotopic (exact) mass is 205 g/mol. The fourth-order valence-corrected chi connectivity index (χ4v) is 1.92. The summed E-state index contributed by atoms with van der Waals surface area (Å²) >= 11 is 0. The largest absolute Gasteiger partial charge is 0.478 e. The van der Waals surface area contributed by atoms with Gasteiger partial charge in [-0.25, -0.2) is 9.78 Å². The number of ketones is 1. The molecule has 1 heterocycles. The lowest BCUT2D eigenvalue weighted by Crippen LogP contribution is -2.18. The van der Waals surface area contributed by atoms with Crippen molar-refractivity contribution in [2.45, 2.75) is 26.2 Å². The van der Waals surface area contributed by atoms with Gasteiger partial charge in [-0.3, -0.25) is 4.79 Å². The number of carboxylic acid groups (broad SMARTS) is 1. The van der Waals surface area contributed by atoms with Gasteiger partial charge in [0.2, 0.25) is 0 Å². The van der Waals surface area contributed by atoms with E-state index in [2.05, 4.69) is 4.98 Å². The summed E-state index contributed by atoms with van der Waals surface area (Å²) in [5.74, 6) is -1.02. The maximum Gasteiger partial charge on any atom is 0.336 e. The first-order chi connectivity index (χ1) is 7.09. The number of nitrogens with zero attached hydrogens (tertiary/aromatic N) is 1. The van der Waals surface area contributed by atoms with Crippen molar-refractivity contribution < 1.29 is 14.7 Å². The normalized spacial score (nSPS) is 14.9. The summed E-state index contributed by atoms with van der Waals surface area (Å²) in [4.78, 5) is 26.7. The molecular weight excluding hydrogens is 194 g/mol. The second kappa shape index (κ2) is 3.46. The van der Waals surface area contributed by atoms with Gasteiger partial charge in [0, 0.05) is 12.1 Å². The summed E-state index contributed by atoms with van der Waals surface area (Å²) in [6.45, 7) is 1.70. The van der Waals surface area contributed by atoms with E-state index in [1.807, 2.05) is 0 Å². The first-order valence-electron chi connectivity index (χ1n) is 4.86. The fraction of sp³-hybridized carbons (Fsp3) is 0.364. The third kappa shape index (κ3) is 1.63. The molecular formula is C11H11NO3. The molecule has 0 amide bonds. The van der Waals surface area contributed by atoms with E-state index in [0.29, 0.717) is 29.8 Å². The molecule has 0 radical (unpaired) electrons. The van der Waals surface area contributed by atoms with Crippen LogP contribution < -0.4 is 0 Å². The molecule has 0 unspecified atom stereocenters. The molecule has 1 aromatic rings. The molecule has 2 rings (SSSR count). The summed E-state index contributed by atoms with van der Waals surface area (Å²) in [6, 6.07) is 1.53. The standard InChI is InChI=1S/C11H11NO3/c1-6-5-8(11(14)15)7-3-2-4-9(13)10(7)12-6/h5H,2-4H2,1H3,(H,14,15). The smallest absolute Gasteiger partial charge is 0.336 e. The van der Waals surface area contributed by atoms with Gasteiger partial charge in [-0.15, -0.1) is 0 Å². The predicted octanol–water partition coefficient (Wildman–Crippen LogP) is 1.61. The van der Waals surface area contributed by atoms with Gasteiger partial charge in [0.05, 0.1) is 5.56 Å². The zero-order valence-electron chi connectivity index (χ0n) is 8.41. The van der Waals surface area contributed by atoms with Crippen molar-refractivity contribution in [2.75, 3.05) is 0 Å². The molecule has 1 aliphatic rings. The van der Waals surface area contributed by atoms with Crippen LogP contribution in [0.15, 0.2) is 6.07 Å². The van der Waals surface area contributed by atoms with Gasteiger partial charge < -0.3 is 5.11 Å². The quantitative estimate of drug-likeness (QED) is 0.756. The average Bonchev–Trinajstić information content (AvgIpc) is 2.18. The zero-order chi connectivity index (χ0) is 11.0. The topological polar surface area (TPSA) is 67.3 Å². The molecule has 0 atom stereocenters. The van der Waals surface area contributed by atoms with Crippen molar-refractivity contribution in [3.63, 3.8) is 0 Å². The Morgan fingerprint density at radius 1 is 1.47 bits per heavy atom. The number of carbonyl (C=O) groups excluding carboxylic acids is 1. The molecule has 0 saturated heterocycles. The lowest BCUT2D eigenvalue weighted by atomic mass is 9.91. The molecule has 1 aliphatic carbocycles. The SMILES string of the molecule is Cc1cc(C(=O)O)c2c(n1)C(=O)CCC2. The van der Waals surface area contributed by atoms with Crippen LogP contribution in [0, 0.1) is 6.92 Å². The van der Waals surface area contributed by atoms with Crippen molar-refractivity contribution in [2.24, 2.45) is 0 Å². The van der Waals surface area contributed by atoms with E-state index in [-0.39, 0.29) is 11.3 Å². The lowest BCUT2D eigenvalue weighted by molar-refractivity contribution is 0.0695. The van der Waals surface area contributed by atoms with Crippen LogP contribution in [0.4, 0.5) is 0 Å². The second-order valence-corrected chi connectivity index (χ2v) is 3.72. The molecule has 0 saturated carbocycles. The highest BCUT2D eigenvalue weighted by Crippen LogP contribution is 2.23. The third-order valence-electron chi connectivity index (χ3n) is 2.58. The summed E-state index contributed by atoms with van der Waals surface area (Å²) in [7, 11) is 0. The van der Waals surface area contributed by atoms with Gasteiger partial charge >= 0.3 is 5.97 Å². The van der Waals surface area contributed by atoms with Crippen molar-refractivity contribution >= 4 is 11.8 Å². The van der Waals surface area contributed by atoms with Crippen LogP contribution in [0.2, 0.25) is 0 Å². The van der Waals surface area contributed by atoms with Crippen molar-refractivity contribution in [1.29, 1.82) is 0 Å². The highest BCUT2D eigenvalue weighted by Gasteiger charge is 2.24. The maximum atomic E-state index is 11.6. The maximum absolute atomic E-state index is 11.6. The summed E-state index contributed by atoms with van der Waals surface area (Å²) < 4.78 is 0. The molecule has 0 bridgehead atoms. The van der Waals surface area contributed by atoms with Gasteiger partial charge in [0.25, 0.3) is 0 Å². The first-order valence-corrected chi connectivity index (χ1v) is 4.86. The molecule has 78 valence electrons. The highest BCUT2D eigenvalue weighted by atomic mass is 16.4. The van der Waals surface area contributed by atoms with E-state index in [4.69, 9.17) is 5.11 Å². The Bertz CT molecular complexity index is 434. The molecule has 4 nitrogen and oxygen atoms in total.